The lowest BCUT2D eigenvalue weighted by Crippen LogP contribution is -2.36. The van der Waals surface area contributed by atoms with Gasteiger partial charge in [0.25, 0.3) is 0 Å². The smallest absolute Gasteiger partial charge is 0.408 e. The van der Waals surface area contributed by atoms with Crippen molar-refractivity contribution in [2.24, 2.45) is 0 Å². The molecule has 0 atom stereocenters. The molecule has 0 aromatic carbocycles. The van der Waals surface area contributed by atoms with Gasteiger partial charge in [-0.2, -0.15) is 4.98 Å². The molecule has 0 bridgehead atoms. The van der Waals surface area contributed by atoms with Gasteiger partial charge in [-0.25, -0.2) is 9.59 Å². The predicted octanol–water partition coefficient (Wildman–Crippen LogP) is 2.53. The highest BCUT2D eigenvalue weighted by Gasteiger charge is 2.18. The highest BCUT2D eigenvalue weighted by atomic mass is 79.9. The van der Waals surface area contributed by atoms with Crippen molar-refractivity contribution in [3.63, 3.8) is 0 Å². The monoisotopic (exact) mass is 369 g/mol. The Hall–Kier alpha value is -2.09. The second-order valence-electron chi connectivity index (χ2n) is 5.47. The topological polar surface area (TPSA) is 81.9 Å². The Morgan fingerprint density at radius 2 is 2.09 bits per heavy atom. The van der Waals surface area contributed by atoms with Crippen LogP contribution in [0.5, 0.6) is 6.01 Å². The molecule has 0 saturated heterocycles. The zero-order valence-electron chi connectivity index (χ0n) is 12.4. The Kier molecular flexibility index (Phi) is 4.70. The molecule has 0 aliphatic rings. The Balaban J connectivity index is 1.96. The van der Waals surface area contributed by atoms with Crippen LogP contribution in [0.15, 0.2) is 29.0 Å². The van der Waals surface area contributed by atoms with Gasteiger partial charge < -0.3 is 14.8 Å². The van der Waals surface area contributed by atoms with Crippen LogP contribution in [0.2, 0.25) is 0 Å². The van der Waals surface area contributed by atoms with E-state index in [1.807, 2.05) is 12.1 Å². The van der Waals surface area contributed by atoms with Crippen molar-refractivity contribution in [2.45, 2.75) is 26.4 Å². The van der Waals surface area contributed by atoms with E-state index in [9.17, 15) is 9.59 Å². The third-order valence-electron chi connectivity index (χ3n) is 2.45. The Labute approximate surface area is 135 Å². The fourth-order valence-corrected chi connectivity index (χ4v) is 2.12. The predicted molar refractivity (Wildman–Crippen MR) is 82.8 cm³/mol. The van der Waals surface area contributed by atoms with E-state index in [2.05, 4.69) is 26.2 Å². The number of hydrogen-bond donors (Lipinski definition) is 1. The number of imidazole rings is 1. The molecule has 0 fully saturated rings. The first kappa shape index (κ1) is 16.3. The van der Waals surface area contributed by atoms with Gasteiger partial charge in [0.1, 0.15) is 16.7 Å². The molecule has 118 valence electrons. The van der Waals surface area contributed by atoms with E-state index < -0.39 is 17.7 Å². The molecule has 0 radical (unpaired) electrons. The maximum absolute atomic E-state index is 11.8. The summed E-state index contributed by atoms with van der Waals surface area (Å²) in [5.41, 5.74) is 0.142. The highest BCUT2D eigenvalue weighted by molar-refractivity contribution is 9.10. The van der Waals surface area contributed by atoms with Crippen molar-refractivity contribution >= 4 is 33.5 Å². The van der Waals surface area contributed by atoms with Crippen LogP contribution in [-0.2, 0) is 9.53 Å². The molecule has 7 nitrogen and oxygen atoms in total. The number of carbonyl (C=O) groups excluding carboxylic acids is 2. The average molecular weight is 370 g/mol. The van der Waals surface area contributed by atoms with Gasteiger partial charge in [0, 0.05) is 6.20 Å². The number of aromatic nitrogens is 2. The average Bonchev–Trinajstić information content (AvgIpc) is 2.72. The summed E-state index contributed by atoms with van der Waals surface area (Å²) >= 11 is 3.29. The number of halogens is 1. The van der Waals surface area contributed by atoms with Gasteiger partial charge in [-0.05, 0) is 48.8 Å². The van der Waals surface area contributed by atoms with Gasteiger partial charge >= 0.3 is 18.1 Å². The zero-order valence-corrected chi connectivity index (χ0v) is 14.0. The molecule has 2 heterocycles. The van der Waals surface area contributed by atoms with Crippen molar-refractivity contribution in [3.8, 4) is 6.01 Å². The number of hydrogen-bond acceptors (Lipinski definition) is 5. The molecular formula is C14H16BrN3O4. The largest absolute Gasteiger partial charge is 0.444 e. The lowest BCUT2D eigenvalue weighted by molar-refractivity contribution is -0.134. The lowest BCUT2D eigenvalue weighted by atomic mass is 10.2. The molecule has 2 rings (SSSR count). The van der Waals surface area contributed by atoms with E-state index in [0.717, 1.165) is 5.52 Å². The first-order valence-electron chi connectivity index (χ1n) is 6.56. The minimum absolute atomic E-state index is 0.124. The number of alkyl carbamates (subject to hydrolysis) is 1. The molecule has 0 saturated carbocycles. The van der Waals surface area contributed by atoms with Crippen molar-refractivity contribution in [3.05, 3.63) is 29.0 Å². The van der Waals surface area contributed by atoms with E-state index in [4.69, 9.17) is 9.47 Å². The molecule has 8 heteroatoms. The summed E-state index contributed by atoms with van der Waals surface area (Å²) in [6.07, 6.45) is 1.04. The molecule has 0 spiro atoms. The molecule has 0 aliphatic carbocycles. The Morgan fingerprint density at radius 3 is 2.77 bits per heavy atom. The van der Waals surface area contributed by atoms with Gasteiger partial charge in [-0.1, -0.05) is 6.07 Å². The summed E-state index contributed by atoms with van der Waals surface area (Å²) in [5.74, 6) is -0.644. The first-order valence-corrected chi connectivity index (χ1v) is 7.36. The quantitative estimate of drug-likeness (QED) is 0.840. The number of ether oxygens (including phenoxy) is 2. The standard InChI is InChI=1S/C14H16BrN3O4/c1-14(2,3)22-13(20)16-8-10(19)21-12-17-11(15)9-6-4-5-7-18(9)12/h4-7H,8H2,1-3H3,(H,16,20). The van der Waals surface area contributed by atoms with Crippen molar-refractivity contribution < 1.29 is 19.1 Å². The molecular weight excluding hydrogens is 354 g/mol. The van der Waals surface area contributed by atoms with Crippen molar-refractivity contribution in [2.75, 3.05) is 6.54 Å². The lowest BCUT2D eigenvalue weighted by Gasteiger charge is -2.19. The van der Waals surface area contributed by atoms with Gasteiger partial charge in [-0.15, -0.1) is 0 Å². The van der Waals surface area contributed by atoms with Crippen LogP contribution in [-0.4, -0.2) is 33.6 Å². The third kappa shape index (κ3) is 4.20. The Morgan fingerprint density at radius 1 is 1.36 bits per heavy atom. The van der Waals surface area contributed by atoms with Crippen LogP contribution >= 0.6 is 15.9 Å². The minimum Gasteiger partial charge on any atom is -0.444 e. The highest BCUT2D eigenvalue weighted by Crippen LogP contribution is 2.22. The maximum Gasteiger partial charge on any atom is 0.408 e. The second kappa shape index (κ2) is 6.35. The van der Waals surface area contributed by atoms with E-state index in [1.165, 1.54) is 0 Å². The normalized spacial score (nSPS) is 11.3. The second-order valence-corrected chi connectivity index (χ2v) is 6.22. The van der Waals surface area contributed by atoms with Crippen LogP contribution in [0, 0.1) is 0 Å². The van der Waals surface area contributed by atoms with Gasteiger partial charge in [0.2, 0.25) is 0 Å². The van der Waals surface area contributed by atoms with E-state index >= 15 is 0 Å². The summed E-state index contributed by atoms with van der Waals surface area (Å²) in [6, 6.07) is 5.58. The molecule has 2 aromatic rings. The van der Waals surface area contributed by atoms with Crippen LogP contribution < -0.4 is 10.1 Å². The fraction of sp³-hybridized carbons (Fsp3) is 0.357. The molecule has 22 heavy (non-hydrogen) atoms. The number of pyridine rings is 1. The minimum atomic E-state index is -0.682. The number of amides is 1. The number of nitrogens with zero attached hydrogens (tertiary/aromatic N) is 2. The van der Waals surface area contributed by atoms with Crippen LogP contribution in [0.1, 0.15) is 20.8 Å². The number of fused-ring (bicyclic) bond motifs is 1. The molecule has 2 aromatic heterocycles. The maximum atomic E-state index is 11.8. The molecule has 1 amide bonds. The van der Waals surface area contributed by atoms with E-state index in [-0.39, 0.29) is 12.6 Å². The summed E-state index contributed by atoms with van der Waals surface area (Å²) in [6.45, 7) is 4.89. The number of carbonyl (C=O) groups is 2. The Bertz CT molecular complexity index is 706. The van der Waals surface area contributed by atoms with Crippen LogP contribution in [0.4, 0.5) is 4.79 Å². The zero-order chi connectivity index (χ0) is 16.3. The third-order valence-corrected chi connectivity index (χ3v) is 3.04. The van der Waals surface area contributed by atoms with Crippen molar-refractivity contribution in [1.82, 2.24) is 14.7 Å². The molecule has 1 N–H and O–H groups in total. The summed E-state index contributed by atoms with van der Waals surface area (Å²) in [7, 11) is 0. The van der Waals surface area contributed by atoms with Gasteiger partial charge in [0.15, 0.2) is 0 Å². The van der Waals surface area contributed by atoms with Crippen LogP contribution in [0.3, 0.4) is 0 Å². The summed E-state index contributed by atoms with van der Waals surface area (Å²) in [5, 5.41) is 2.33. The summed E-state index contributed by atoms with van der Waals surface area (Å²) in [4.78, 5) is 27.3. The SMILES string of the molecule is CC(C)(C)OC(=O)NCC(=O)Oc1nc(Br)c2ccccn12. The number of rotatable bonds is 3. The van der Waals surface area contributed by atoms with Crippen LogP contribution in [0.25, 0.3) is 5.52 Å². The summed E-state index contributed by atoms with van der Waals surface area (Å²) < 4.78 is 12.4. The first-order chi connectivity index (χ1) is 10.3. The van der Waals surface area contributed by atoms with E-state index in [1.54, 1.807) is 37.4 Å². The molecule has 0 unspecified atom stereocenters. The van der Waals surface area contributed by atoms with E-state index in [0.29, 0.717) is 4.60 Å². The number of nitrogens with one attached hydrogen (secondary N) is 1. The fourth-order valence-electron chi connectivity index (χ4n) is 1.64. The molecule has 0 aliphatic heterocycles. The van der Waals surface area contributed by atoms with Crippen molar-refractivity contribution in [1.29, 1.82) is 0 Å². The number of esters is 1. The van der Waals surface area contributed by atoms with Gasteiger partial charge in [0.05, 0.1) is 5.52 Å². The van der Waals surface area contributed by atoms with Gasteiger partial charge in [-0.3, -0.25) is 4.40 Å².